The van der Waals surface area contributed by atoms with Crippen LogP contribution in [-0.4, -0.2) is 16.1 Å². The normalized spacial score (nSPS) is 12.9. The maximum Gasteiger partial charge on any atom is 0.0971 e. The molecule has 0 bridgehead atoms. The second-order valence-corrected chi connectivity index (χ2v) is 6.07. The molecule has 104 valence electrons. The van der Waals surface area contributed by atoms with Gasteiger partial charge in [-0.05, 0) is 25.0 Å². The van der Waals surface area contributed by atoms with Crippen LogP contribution >= 0.6 is 11.3 Å². The van der Waals surface area contributed by atoms with Crippen LogP contribution in [0.25, 0.3) is 10.9 Å². The van der Waals surface area contributed by atoms with Crippen LogP contribution < -0.4 is 5.73 Å². The standard InChI is InChI=1S/C16H19N3S/c1-11-14(9-12(10-17)16-18-7-8-20-16)13-5-3-4-6-15(13)19(11)2/h3-8,12H,9-10,17H2,1-2H3. The fraction of sp³-hybridized carbons (Fsp3) is 0.312. The van der Waals surface area contributed by atoms with Gasteiger partial charge in [0, 0.05) is 47.7 Å². The summed E-state index contributed by atoms with van der Waals surface area (Å²) in [6.07, 6.45) is 2.82. The van der Waals surface area contributed by atoms with E-state index in [1.807, 2.05) is 11.6 Å². The van der Waals surface area contributed by atoms with Gasteiger partial charge in [-0.2, -0.15) is 0 Å². The van der Waals surface area contributed by atoms with Crippen molar-refractivity contribution in [1.82, 2.24) is 9.55 Å². The molecule has 0 aliphatic rings. The monoisotopic (exact) mass is 285 g/mol. The number of hydrogen-bond acceptors (Lipinski definition) is 3. The molecular weight excluding hydrogens is 266 g/mol. The lowest BCUT2D eigenvalue weighted by atomic mass is 9.97. The van der Waals surface area contributed by atoms with Gasteiger partial charge in [-0.3, -0.25) is 0 Å². The molecule has 0 aliphatic heterocycles. The highest BCUT2D eigenvalue weighted by Crippen LogP contribution is 2.30. The van der Waals surface area contributed by atoms with Crippen molar-refractivity contribution in [1.29, 1.82) is 0 Å². The van der Waals surface area contributed by atoms with Crippen LogP contribution in [0.4, 0.5) is 0 Å². The fourth-order valence-electron chi connectivity index (χ4n) is 2.81. The summed E-state index contributed by atoms with van der Waals surface area (Å²) in [4.78, 5) is 4.43. The summed E-state index contributed by atoms with van der Waals surface area (Å²) in [5.74, 6) is 0.305. The summed E-state index contributed by atoms with van der Waals surface area (Å²) in [6.45, 7) is 2.82. The summed E-state index contributed by atoms with van der Waals surface area (Å²) in [7, 11) is 2.13. The first-order valence-electron chi connectivity index (χ1n) is 6.84. The summed E-state index contributed by atoms with van der Waals surface area (Å²) in [6, 6.07) is 8.57. The van der Waals surface area contributed by atoms with E-state index < -0.39 is 0 Å². The van der Waals surface area contributed by atoms with Crippen LogP contribution in [0.1, 0.15) is 22.2 Å². The molecular formula is C16H19N3S. The Bertz CT molecular complexity index is 713. The van der Waals surface area contributed by atoms with Crippen LogP contribution in [0.3, 0.4) is 0 Å². The highest BCUT2D eigenvalue weighted by atomic mass is 32.1. The molecule has 0 radical (unpaired) electrons. The van der Waals surface area contributed by atoms with Crippen LogP contribution in [0.2, 0.25) is 0 Å². The third-order valence-corrected chi connectivity index (χ3v) is 5.00. The van der Waals surface area contributed by atoms with Gasteiger partial charge in [0.05, 0.1) is 5.01 Å². The van der Waals surface area contributed by atoms with Gasteiger partial charge in [0.25, 0.3) is 0 Å². The van der Waals surface area contributed by atoms with Crippen LogP contribution in [0, 0.1) is 6.92 Å². The number of benzene rings is 1. The molecule has 2 aromatic heterocycles. The van der Waals surface area contributed by atoms with Crippen molar-refractivity contribution in [2.75, 3.05) is 6.54 Å². The lowest BCUT2D eigenvalue weighted by Crippen LogP contribution is -2.15. The van der Waals surface area contributed by atoms with Crippen molar-refractivity contribution < 1.29 is 0 Å². The van der Waals surface area contributed by atoms with E-state index in [0.29, 0.717) is 12.5 Å². The zero-order valence-electron chi connectivity index (χ0n) is 11.8. The molecule has 1 atom stereocenters. The van der Waals surface area contributed by atoms with Crippen molar-refractivity contribution in [3.8, 4) is 0 Å². The van der Waals surface area contributed by atoms with E-state index in [1.54, 1.807) is 11.3 Å². The molecule has 2 heterocycles. The number of thiazole rings is 1. The smallest absolute Gasteiger partial charge is 0.0971 e. The minimum Gasteiger partial charge on any atom is -0.348 e. The van der Waals surface area contributed by atoms with E-state index in [0.717, 1.165) is 11.4 Å². The van der Waals surface area contributed by atoms with Gasteiger partial charge in [-0.15, -0.1) is 11.3 Å². The second kappa shape index (κ2) is 5.38. The van der Waals surface area contributed by atoms with Crippen molar-refractivity contribution in [3.63, 3.8) is 0 Å². The van der Waals surface area contributed by atoms with Crippen molar-refractivity contribution in [2.24, 2.45) is 12.8 Å². The number of rotatable bonds is 4. The van der Waals surface area contributed by atoms with Crippen molar-refractivity contribution >= 4 is 22.2 Å². The second-order valence-electron chi connectivity index (χ2n) is 5.15. The van der Waals surface area contributed by atoms with Gasteiger partial charge >= 0.3 is 0 Å². The van der Waals surface area contributed by atoms with Gasteiger partial charge < -0.3 is 10.3 Å². The minimum atomic E-state index is 0.305. The summed E-state index contributed by atoms with van der Waals surface area (Å²) in [5, 5.41) is 4.50. The number of aromatic nitrogens is 2. The molecule has 3 nitrogen and oxygen atoms in total. The number of aryl methyl sites for hydroxylation is 1. The minimum absolute atomic E-state index is 0.305. The van der Waals surface area contributed by atoms with E-state index >= 15 is 0 Å². The lowest BCUT2D eigenvalue weighted by molar-refractivity contribution is 0.686. The number of fused-ring (bicyclic) bond motifs is 1. The molecule has 0 amide bonds. The van der Waals surface area contributed by atoms with Gasteiger partial charge in [-0.25, -0.2) is 4.98 Å². The van der Waals surface area contributed by atoms with Gasteiger partial charge in [0.15, 0.2) is 0 Å². The average Bonchev–Trinajstić information content (AvgIpc) is 3.08. The lowest BCUT2D eigenvalue weighted by Gasteiger charge is -2.12. The SMILES string of the molecule is Cc1c(CC(CN)c2nccs2)c2ccccc2n1C. The third-order valence-electron chi connectivity index (χ3n) is 4.07. The van der Waals surface area contributed by atoms with E-state index in [4.69, 9.17) is 5.73 Å². The van der Waals surface area contributed by atoms with E-state index in [1.165, 1.54) is 22.2 Å². The Labute approximate surface area is 123 Å². The first kappa shape index (κ1) is 13.3. The van der Waals surface area contributed by atoms with Gasteiger partial charge in [0.2, 0.25) is 0 Å². The zero-order valence-corrected chi connectivity index (χ0v) is 12.7. The molecule has 0 aliphatic carbocycles. The summed E-state index contributed by atoms with van der Waals surface area (Å²) >= 11 is 1.69. The maximum atomic E-state index is 5.97. The topological polar surface area (TPSA) is 43.8 Å². The molecule has 0 saturated heterocycles. The van der Waals surface area contributed by atoms with Gasteiger partial charge in [-0.1, -0.05) is 18.2 Å². The molecule has 20 heavy (non-hydrogen) atoms. The average molecular weight is 285 g/mol. The van der Waals surface area contributed by atoms with Crippen molar-refractivity contribution in [3.05, 3.63) is 52.1 Å². The van der Waals surface area contributed by atoms with Gasteiger partial charge in [0.1, 0.15) is 0 Å². The Kier molecular flexibility index (Phi) is 3.59. The number of hydrogen-bond donors (Lipinski definition) is 1. The molecule has 0 spiro atoms. The quantitative estimate of drug-likeness (QED) is 0.800. The highest BCUT2D eigenvalue weighted by molar-refractivity contribution is 7.09. The maximum absolute atomic E-state index is 5.97. The largest absolute Gasteiger partial charge is 0.348 e. The molecule has 3 rings (SSSR count). The van der Waals surface area contributed by atoms with Crippen molar-refractivity contribution in [2.45, 2.75) is 19.3 Å². The van der Waals surface area contributed by atoms with E-state index in [2.05, 4.69) is 47.8 Å². The zero-order chi connectivity index (χ0) is 14.1. The first-order valence-corrected chi connectivity index (χ1v) is 7.72. The predicted octanol–water partition coefficient (Wildman–Crippen LogP) is 3.23. The fourth-order valence-corrected chi connectivity index (χ4v) is 3.57. The molecule has 2 N–H and O–H groups in total. The molecule has 1 aromatic carbocycles. The van der Waals surface area contributed by atoms with E-state index in [-0.39, 0.29) is 0 Å². The Balaban J connectivity index is 2.04. The Morgan fingerprint density at radius 3 is 2.85 bits per heavy atom. The van der Waals surface area contributed by atoms with Crippen LogP contribution in [-0.2, 0) is 13.5 Å². The summed E-state index contributed by atoms with van der Waals surface area (Å²) in [5.41, 5.74) is 9.98. The first-order chi connectivity index (χ1) is 9.72. The molecule has 0 fully saturated rings. The van der Waals surface area contributed by atoms with Crippen LogP contribution in [0.15, 0.2) is 35.8 Å². The Morgan fingerprint density at radius 1 is 1.35 bits per heavy atom. The number of nitrogens with zero attached hydrogens (tertiary/aromatic N) is 2. The molecule has 3 aromatic rings. The Morgan fingerprint density at radius 2 is 2.15 bits per heavy atom. The van der Waals surface area contributed by atoms with E-state index in [9.17, 15) is 0 Å². The van der Waals surface area contributed by atoms with Crippen LogP contribution in [0.5, 0.6) is 0 Å². The third kappa shape index (κ3) is 2.15. The molecule has 1 unspecified atom stereocenters. The summed E-state index contributed by atoms with van der Waals surface area (Å²) < 4.78 is 2.26. The Hall–Kier alpha value is -1.65. The molecule has 4 heteroatoms. The number of nitrogens with two attached hydrogens (primary N) is 1. The highest BCUT2D eigenvalue weighted by Gasteiger charge is 2.18. The predicted molar refractivity (Wildman–Crippen MR) is 85.3 cm³/mol. The number of para-hydroxylation sites is 1. The molecule has 0 saturated carbocycles.